The number of benzene rings is 1. The lowest BCUT2D eigenvalue weighted by molar-refractivity contribution is 0.199. The van der Waals surface area contributed by atoms with Crippen molar-refractivity contribution < 1.29 is 9.84 Å². The minimum atomic E-state index is -0.514. The molecule has 0 aliphatic rings. The quantitative estimate of drug-likeness (QED) is 0.855. The summed E-state index contributed by atoms with van der Waals surface area (Å²) in [6, 6.07) is 9.23. The molecule has 0 unspecified atom stereocenters. The van der Waals surface area contributed by atoms with E-state index in [9.17, 15) is 5.11 Å². The molecule has 0 amide bonds. The van der Waals surface area contributed by atoms with Crippen molar-refractivity contribution >= 4 is 0 Å². The van der Waals surface area contributed by atoms with Crippen LogP contribution in [0.25, 0.3) is 0 Å². The standard InChI is InChI=1S/C12H12N2O2/c1-9(15)10-4-2-5-11(8-10)16-12-13-6-3-7-14-12/h2-9,15H,1H3/t9-/m0/s1. The molecule has 0 fully saturated rings. The first-order valence-corrected chi connectivity index (χ1v) is 4.98. The average Bonchev–Trinajstić information content (AvgIpc) is 2.30. The lowest BCUT2D eigenvalue weighted by atomic mass is 10.1. The highest BCUT2D eigenvalue weighted by molar-refractivity contribution is 5.31. The maximum Gasteiger partial charge on any atom is 0.321 e. The highest BCUT2D eigenvalue weighted by Gasteiger charge is 2.03. The van der Waals surface area contributed by atoms with Crippen molar-refractivity contribution in [3.8, 4) is 11.8 Å². The minimum Gasteiger partial charge on any atom is -0.424 e. The first kappa shape index (κ1) is 10.6. The Morgan fingerprint density at radius 2 is 1.94 bits per heavy atom. The molecule has 82 valence electrons. The molecule has 2 aromatic rings. The maximum absolute atomic E-state index is 9.43. The van der Waals surface area contributed by atoms with Crippen LogP contribution in [0.3, 0.4) is 0 Å². The molecule has 1 aromatic carbocycles. The Labute approximate surface area is 93.6 Å². The molecular formula is C12H12N2O2. The summed E-state index contributed by atoms with van der Waals surface area (Å²) in [6.45, 7) is 1.71. The number of hydrogen-bond acceptors (Lipinski definition) is 4. The highest BCUT2D eigenvalue weighted by atomic mass is 16.5. The van der Waals surface area contributed by atoms with E-state index in [0.717, 1.165) is 5.56 Å². The van der Waals surface area contributed by atoms with Crippen LogP contribution in [0.15, 0.2) is 42.7 Å². The topological polar surface area (TPSA) is 55.2 Å². The van der Waals surface area contributed by atoms with Gasteiger partial charge in [0.15, 0.2) is 0 Å². The summed E-state index contributed by atoms with van der Waals surface area (Å²) in [6.07, 6.45) is 2.71. The molecule has 0 saturated carbocycles. The van der Waals surface area contributed by atoms with Crippen LogP contribution in [0.4, 0.5) is 0 Å². The maximum atomic E-state index is 9.43. The second-order valence-corrected chi connectivity index (χ2v) is 3.38. The Kier molecular flexibility index (Phi) is 3.12. The smallest absolute Gasteiger partial charge is 0.321 e. The summed E-state index contributed by atoms with van der Waals surface area (Å²) < 4.78 is 5.44. The van der Waals surface area contributed by atoms with Crippen molar-refractivity contribution in [2.24, 2.45) is 0 Å². The van der Waals surface area contributed by atoms with Gasteiger partial charge in [-0.3, -0.25) is 0 Å². The zero-order chi connectivity index (χ0) is 11.4. The largest absolute Gasteiger partial charge is 0.424 e. The second kappa shape index (κ2) is 4.72. The molecule has 4 heteroatoms. The minimum absolute atomic E-state index is 0.297. The molecule has 1 N–H and O–H groups in total. The molecule has 0 bridgehead atoms. The fourth-order valence-corrected chi connectivity index (χ4v) is 1.28. The lowest BCUT2D eigenvalue weighted by Crippen LogP contribution is -1.93. The van der Waals surface area contributed by atoms with Gasteiger partial charge in [-0.05, 0) is 30.7 Å². The monoisotopic (exact) mass is 216 g/mol. The van der Waals surface area contributed by atoms with Gasteiger partial charge in [0.25, 0.3) is 0 Å². The highest BCUT2D eigenvalue weighted by Crippen LogP contribution is 2.21. The van der Waals surface area contributed by atoms with Crippen molar-refractivity contribution in [1.82, 2.24) is 9.97 Å². The van der Waals surface area contributed by atoms with Crippen LogP contribution in [0.5, 0.6) is 11.8 Å². The Hall–Kier alpha value is -1.94. The Morgan fingerprint density at radius 1 is 1.19 bits per heavy atom. The molecule has 0 spiro atoms. The number of hydrogen-bond donors (Lipinski definition) is 1. The molecule has 0 radical (unpaired) electrons. The zero-order valence-electron chi connectivity index (χ0n) is 8.87. The molecule has 1 heterocycles. The fourth-order valence-electron chi connectivity index (χ4n) is 1.28. The van der Waals surface area contributed by atoms with Crippen LogP contribution in [-0.4, -0.2) is 15.1 Å². The number of ether oxygens (including phenoxy) is 1. The van der Waals surface area contributed by atoms with Gasteiger partial charge in [-0.1, -0.05) is 12.1 Å². The number of aliphatic hydroxyl groups excluding tert-OH is 1. The third kappa shape index (κ3) is 2.55. The van der Waals surface area contributed by atoms with E-state index in [1.54, 1.807) is 37.5 Å². The molecule has 2 rings (SSSR count). The van der Waals surface area contributed by atoms with Gasteiger partial charge >= 0.3 is 6.01 Å². The number of aliphatic hydroxyl groups is 1. The van der Waals surface area contributed by atoms with Gasteiger partial charge in [-0.15, -0.1) is 0 Å². The Balaban J connectivity index is 2.19. The number of aromatic nitrogens is 2. The van der Waals surface area contributed by atoms with E-state index in [1.165, 1.54) is 0 Å². The van der Waals surface area contributed by atoms with Crippen LogP contribution in [0.2, 0.25) is 0 Å². The van der Waals surface area contributed by atoms with E-state index < -0.39 is 6.10 Å². The summed E-state index contributed by atoms with van der Waals surface area (Å²) in [5.41, 5.74) is 0.799. The van der Waals surface area contributed by atoms with E-state index >= 15 is 0 Å². The van der Waals surface area contributed by atoms with Crippen LogP contribution in [-0.2, 0) is 0 Å². The summed E-state index contributed by atoms with van der Waals surface area (Å²) in [4.78, 5) is 7.91. The van der Waals surface area contributed by atoms with Gasteiger partial charge in [0.1, 0.15) is 5.75 Å². The van der Waals surface area contributed by atoms with E-state index in [0.29, 0.717) is 11.8 Å². The molecule has 1 atom stereocenters. The zero-order valence-corrected chi connectivity index (χ0v) is 8.87. The summed E-state index contributed by atoms with van der Waals surface area (Å²) in [5.74, 6) is 0.615. The fraction of sp³-hybridized carbons (Fsp3) is 0.167. The van der Waals surface area contributed by atoms with Crippen LogP contribution in [0, 0.1) is 0 Å². The van der Waals surface area contributed by atoms with E-state index in [4.69, 9.17) is 4.74 Å². The van der Waals surface area contributed by atoms with Gasteiger partial charge in [0.2, 0.25) is 0 Å². The molecule has 0 aliphatic carbocycles. The van der Waals surface area contributed by atoms with Gasteiger partial charge in [0, 0.05) is 12.4 Å². The van der Waals surface area contributed by atoms with Crippen LogP contribution >= 0.6 is 0 Å². The normalized spacial score (nSPS) is 12.1. The molecule has 16 heavy (non-hydrogen) atoms. The second-order valence-electron chi connectivity index (χ2n) is 3.38. The summed E-state index contributed by atoms with van der Waals surface area (Å²) >= 11 is 0. The Bertz CT molecular complexity index is 458. The summed E-state index contributed by atoms with van der Waals surface area (Å²) in [5, 5.41) is 9.43. The van der Waals surface area contributed by atoms with Gasteiger partial charge in [0.05, 0.1) is 6.10 Å². The SMILES string of the molecule is C[C@H](O)c1cccc(Oc2ncccn2)c1. The lowest BCUT2D eigenvalue weighted by Gasteiger charge is -2.07. The molecule has 1 aromatic heterocycles. The van der Waals surface area contributed by atoms with Crippen molar-refractivity contribution in [1.29, 1.82) is 0 Å². The van der Waals surface area contributed by atoms with Crippen LogP contribution < -0.4 is 4.74 Å². The average molecular weight is 216 g/mol. The third-order valence-corrected chi connectivity index (χ3v) is 2.09. The molecular weight excluding hydrogens is 204 g/mol. The van der Waals surface area contributed by atoms with Gasteiger partial charge in [-0.2, -0.15) is 0 Å². The van der Waals surface area contributed by atoms with E-state index in [-0.39, 0.29) is 0 Å². The predicted molar refractivity (Wildman–Crippen MR) is 59.2 cm³/mol. The molecule has 0 aliphatic heterocycles. The van der Waals surface area contributed by atoms with Gasteiger partial charge < -0.3 is 9.84 Å². The van der Waals surface area contributed by atoms with Crippen molar-refractivity contribution in [3.63, 3.8) is 0 Å². The first-order valence-electron chi connectivity index (χ1n) is 4.98. The van der Waals surface area contributed by atoms with E-state index in [2.05, 4.69) is 9.97 Å². The summed E-state index contributed by atoms with van der Waals surface area (Å²) in [7, 11) is 0. The van der Waals surface area contributed by atoms with E-state index in [1.807, 2.05) is 12.1 Å². The molecule has 4 nitrogen and oxygen atoms in total. The third-order valence-electron chi connectivity index (χ3n) is 2.09. The van der Waals surface area contributed by atoms with Crippen molar-refractivity contribution in [2.75, 3.05) is 0 Å². The number of rotatable bonds is 3. The first-order chi connectivity index (χ1) is 7.75. The molecule has 0 saturated heterocycles. The van der Waals surface area contributed by atoms with Gasteiger partial charge in [-0.25, -0.2) is 9.97 Å². The van der Waals surface area contributed by atoms with Crippen molar-refractivity contribution in [3.05, 3.63) is 48.3 Å². The predicted octanol–water partition coefficient (Wildman–Crippen LogP) is 2.32. The Morgan fingerprint density at radius 3 is 2.62 bits per heavy atom. The number of nitrogens with zero attached hydrogens (tertiary/aromatic N) is 2. The van der Waals surface area contributed by atoms with Crippen molar-refractivity contribution in [2.45, 2.75) is 13.0 Å². The van der Waals surface area contributed by atoms with Crippen LogP contribution in [0.1, 0.15) is 18.6 Å².